The predicted molar refractivity (Wildman–Crippen MR) is 75.8 cm³/mol. The van der Waals surface area contributed by atoms with Crippen LogP contribution in [0.5, 0.6) is 0 Å². The molecule has 0 saturated carbocycles. The highest BCUT2D eigenvalue weighted by molar-refractivity contribution is 5.27. The third kappa shape index (κ3) is 2.87. The summed E-state index contributed by atoms with van der Waals surface area (Å²) in [4.78, 5) is 0. The summed E-state index contributed by atoms with van der Waals surface area (Å²) in [6, 6.07) is 0.292. The first-order valence-electron chi connectivity index (χ1n) is 6.77. The van der Waals surface area contributed by atoms with Crippen molar-refractivity contribution in [1.82, 2.24) is 24.9 Å². The molecule has 0 saturated heterocycles. The van der Waals surface area contributed by atoms with Gasteiger partial charge in [0, 0.05) is 49.2 Å². The molecule has 1 N–H and O–H groups in total. The first-order valence-corrected chi connectivity index (χ1v) is 6.77. The van der Waals surface area contributed by atoms with Crippen molar-refractivity contribution in [3.05, 3.63) is 34.9 Å². The van der Waals surface area contributed by atoms with Gasteiger partial charge in [-0.3, -0.25) is 9.36 Å². The van der Waals surface area contributed by atoms with Crippen LogP contribution in [0.1, 0.15) is 42.4 Å². The summed E-state index contributed by atoms with van der Waals surface area (Å²) in [5.41, 5.74) is 4.88. The zero-order chi connectivity index (χ0) is 14.0. The minimum Gasteiger partial charge on any atom is -0.306 e. The fourth-order valence-corrected chi connectivity index (χ4v) is 2.58. The van der Waals surface area contributed by atoms with E-state index in [0.717, 1.165) is 18.8 Å². The Hall–Kier alpha value is -1.62. The molecule has 0 fully saturated rings. The van der Waals surface area contributed by atoms with E-state index in [4.69, 9.17) is 0 Å². The number of nitrogens with zero attached hydrogens (tertiary/aromatic N) is 4. The summed E-state index contributed by atoms with van der Waals surface area (Å²) >= 11 is 0. The molecule has 0 aliphatic heterocycles. The van der Waals surface area contributed by atoms with Crippen LogP contribution in [0.2, 0.25) is 0 Å². The van der Waals surface area contributed by atoms with Crippen molar-refractivity contribution in [2.45, 2.75) is 46.8 Å². The Morgan fingerprint density at radius 3 is 2.63 bits per heavy atom. The fourth-order valence-electron chi connectivity index (χ4n) is 2.58. The largest absolute Gasteiger partial charge is 0.306 e. The average Bonchev–Trinajstić information content (AvgIpc) is 2.90. The molecule has 2 aromatic rings. The Morgan fingerprint density at radius 2 is 2.11 bits per heavy atom. The highest BCUT2D eigenvalue weighted by atomic mass is 15.3. The summed E-state index contributed by atoms with van der Waals surface area (Å²) in [7, 11) is 1.94. The maximum Gasteiger partial charge on any atom is 0.0644 e. The zero-order valence-corrected chi connectivity index (χ0v) is 12.4. The van der Waals surface area contributed by atoms with E-state index < -0.39 is 0 Å². The predicted octanol–water partition coefficient (Wildman–Crippen LogP) is 2.10. The molecule has 1 atom stereocenters. The van der Waals surface area contributed by atoms with E-state index in [1.807, 2.05) is 24.1 Å². The first kappa shape index (κ1) is 13.8. The second kappa shape index (κ2) is 5.57. The maximum absolute atomic E-state index is 4.57. The van der Waals surface area contributed by atoms with Gasteiger partial charge in [-0.15, -0.1) is 0 Å². The van der Waals surface area contributed by atoms with Crippen molar-refractivity contribution in [2.24, 2.45) is 7.05 Å². The number of hydrogen-bond donors (Lipinski definition) is 1. The molecule has 0 aliphatic rings. The van der Waals surface area contributed by atoms with Crippen LogP contribution in [0.15, 0.2) is 12.4 Å². The van der Waals surface area contributed by atoms with Gasteiger partial charge in [0.25, 0.3) is 0 Å². The van der Waals surface area contributed by atoms with E-state index >= 15 is 0 Å². The highest BCUT2D eigenvalue weighted by Crippen LogP contribution is 2.21. The second-order valence-electron chi connectivity index (χ2n) is 5.03. The molecule has 0 aliphatic carbocycles. The maximum atomic E-state index is 4.57. The molecule has 0 radical (unpaired) electrons. The summed E-state index contributed by atoms with van der Waals surface area (Å²) in [6.45, 7) is 10.3. The van der Waals surface area contributed by atoms with Gasteiger partial charge in [0.1, 0.15) is 0 Å². The van der Waals surface area contributed by atoms with Crippen LogP contribution in [-0.4, -0.2) is 19.6 Å². The Labute approximate surface area is 114 Å². The summed E-state index contributed by atoms with van der Waals surface area (Å²) < 4.78 is 3.89. The molecule has 2 rings (SSSR count). The third-order valence-corrected chi connectivity index (χ3v) is 3.54. The monoisotopic (exact) mass is 261 g/mol. The average molecular weight is 261 g/mol. The van der Waals surface area contributed by atoms with Crippen LogP contribution >= 0.6 is 0 Å². The minimum absolute atomic E-state index is 0.292. The van der Waals surface area contributed by atoms with Crippen molar-refractivity contribution in [2.75, 3.05) is 0 Å². The number of rotatable bonds is 5. The molecule has 0 amide bonds. The zero-order valence-electron chi connectivity index (χ0n) is 12.4. The van der Waals surface area contributed by atoms with Crippen LogP contribution in [0.25, 0.3) is 0 Å². The Balaban J connectivity index is 2.07. The number of aryl methyl sites for hydroxylation is 3. The van der Waals surface area contributed by atoms with Gasteiger partial charge >= 0.3 is 0 Å². The van der Waals surface area contributed by atoms with Crippen molar-refractivity contribution in [3.8, 4) is 0 Å². The minimum atomic E-state index is 0.292. The molecular formula is C14H23N5. The molecule has 5 nitrogen and oxygen atoms in total. The molecule has 0 spiro atoms. The molecule has 0 bridgehead atoms. The van der Waals surface area contributed by atoms with Gasteiger partial charge in [-0.1, -0.05) is 0 Å². The van der Waals surface area contributed by atoms with Crippen LogP contribution in [0.4, 0.5) is 0 Å². The first-order chi connectivity index (χ1) is 9.02. The number of hydrogen-bond acceptors (Lipinski definition) is 3. The summed E-state index contributed by atoms with van der Waals surface area (Å²) in [5, 5.41) is 12.3. The van der Waals surface area contributed by atoms with Crippen LogP contribution < -0.4 is 5.32 Å². The highest BCUT2D eigenvalue weighted by Gasteiger charge is 2.16. The van der Waals surface area contributed by atoms with E-state index in [9.17, 15) is 0 Å². The third-order valence-electron chi connectivity index (χ3n) is 3.54. The Morgan fingerprint density at radius 1 is 1.37 bits per heavy atom. The van der Waals surface area contributed by atoms with E-state index in [2.05, 4.69) is 47.9 Å². The van der Waals surface area contributed by atoms with Crippen LogP contribution in [0.3, 0.4) is 0 Å². The van der Waals surface area contributed by atoms with E-state index in [-0.39, 0.29) is 0 Å². The lowest BCUT2D eigenvalue weighted by molar-refractivity contribution is 0.566. The van der Waals surface area contributed by atoms with Crippen molar-refractivity contribution in [3.63, 3.8) is 0 Å². The number of aromatic nitrogens is 4. The summed E-state index contributed by atoms with van der Waals surface area (Å²) in [5.74, 6) is 0. The Bertz CT molecular complexity index is 552. The normalized spacial score (nSPS) is 12.9. The summed E-state index contributed by atoms with van der Waals surface area (Å²) in [6.07, 6.45) is 3.93. The molecule has 2 aromatic heterocycles. The van der Waals surface area contributed by atoms with Gasteiger partial charge in [-0.25, -0.2) is 0 Å². The van der Waals surface area contributed by atoms with Crippen LogP contribution in [0, 0.1) is 13.8 Å². The van der Waals surface area contributed by atoms with Gasteiger partial charge in [0.2, 0.25) is 0 Å². The van der Waals surface area contributed by atoms with E-state index in [0.29, 0.717) is 6.04 Å². The molecule has 104 valence electrons. The molecule has 1 unspecified atom stereocenters. The van der Waals surface area contributed by atoms with Crippen molar-refractivity contribution >= 4 is 0 Å². The Kier molecular flexibility index (Phi) is 4.04. The molecule has 0 aromatic carbocycles. The second-order valence-corrected chi connectivity index (χ2v) is 5.03. The molecular weight excluding hydrogens is 238 g/mol. The van der Waals surface area contributed by atoms with Crippen molar-refractivity contribution in [1.29, 1.82) is 0 Å². The van der Waals surface area contributed by atoms with Crippen molar-refractivity contribution < 1.29 is 0 Å². The van der Waals surface area contributed by atoms with Crippen LogP contribution in [-0.2, 0) is 20.1 Å². The van der Waals surface area contributed by atoms with Gasteiger partial charge in [0.05, 0.1) is 11.9 Å². The van der Waals surface area contributed by atoms with Gasteiger partial charge < -0.3 is 5.32 Å². The lowest BCUT2D eigenvalue weighted by Gasteiger charge is -2.14. The van der Waals surface area contributed by atoms with Gasteiger partial charge in [-0.05, 0) is 27.7 Å². The SMILES string of the molecule is CCn1nc(C)c(C(C)NCc2cnn(C)c2)c1C. The van der Waals surface area contributed by atoms with E-state index in [1.54, 1.807) is 0 Å². The number of nitrogens with one attached hydrogen (secondary N) is 1. The molecule has 19 heavy (non-hydrogen) atoms. The smallest absolute Gasteiger partial charge is 0.0644 e. The van der Waals surface area contributed by atoms with Gasteiger partial charge in [-0.2, -0.15) is 10.2 Å². The lowest BCUT2D eigenvalue weighted by Crippen LogP contribution is -2.19. The van der Waals surface area contributed by atoms with Gasteiger partial charge in [0.15, 0.2) is 0 Å². The fraction of sp³-hybridized carbons (Fsp3) is 0.571. The standard InChI is InChI=1S/C14H23N5/c1-6-19-12(4)14(11(3)17-19)10(2)15-7-13-8-16-18(5)9-13/h8-10,15H,6-7H2,1-5H3. The van der Waals surface area contributed by atoms with E-state index in [1.165, 1.54) is 16.8 Å². The molecule has 2 heterocycles. The quantitative estimate of drug-likeness (QED) is 0.896. The lowest BCUT2D eigenvalue weighted by atomic mass is 10.1. The topological polar surface area (TPSA) is 47.7 Å². The molecule has 5 heteroatoms.